The lowest BCUT2D eigenvalue weighted by molar-refractivity contribution is -0.127. The smallest absolute Gasteiger partial charge is 0.223 e. The van der Waals surface area contributed by atoms with Crippen LogP contribution < -0.4 is 11.1 Å². The fraction of sp³-hybridized carbons (Fsp3) is 0.917. The highest BCUT2D eigenvalue weighted by molar-refractivity contribution is 5.79. The molecule has 1 amide bonds. The van der Waals surface area contributed by atoms with Crippen LogP contribution in [-0.2, 0) is 4.79 Å². The Labute approximate surface area is 97.6 Å². The van der Waals surface area contributed by atoms with Crippen LogP contribution in [0.5, 0.6) is 0 Å². The highest BCUT2D eigenvalue weighted by Crippen LogP contribution is 2.25. The molecule has 4 nitrogen and oxygen atoms in total. The number of nitrogens with zero attached hydrogens (tertiary/aromatic N) is 1. The number of hydrogen-bond donors (Lipinski definition) is 2. The molecule has 1 heterocycles. The summed E-state index contributed by atoms with van der Waals surface area (Å²) < 4.78 is 0. The minimum Gasteiger partial charge on any atom is -0.355 e. The maximum atomic E-state index is 11.6. The highest BCUT2D eigenvalue weighted by atomic mass is 16.1. The Hall–Kier alpha value is -0.610. The Balaban J connectivity index is 1.55. The van der Waals surface area contributed by atoms with E-state index in [4.69, 9.17) is 5.73 Å². The van der Waals surface area contributed by atoms with Crippen molar-refractivity contribution in [2.24, 2.45) is 11.7 Å². The second-order valence-corrected chi connectivity index (χ2v) is 5.10. The molecule has 1 saturated carbocycles. The van der Waals surface area contributed by atoms with Crippen LogP contribution in [0, 0.1) is 5.92 Å². The van der Waals surface area contributed by atoms with E-state index in [1.807, 2.05) is 0 Å². The maximum Gasteiger partial charge on any atom is 0.223 e. The standard InChI is InChI=1S/C12H23N3O/c13-11-4-7-15(8-5-11)9-6-14-12(16)10-2-1-3-10/h10-11H,1-9,13H2,(H,14,16). The van der Waals surface area contributed by atoms with Crippen molar-refractivity contribution in [3.8, 4) is 0 Å². The molecule has 0 aromatic heterocycles. The number of amides is 1. The van der Waals surface area contributed by atoms with Gasteiger partial charge in [-0.1, -0.05) is 6.42 Å². The van der Waals surface area contributed by atoms with Crippen LogP contribution in [0.15, 0.2) is 0 Å². The minimum absolute atomic E-state index is 0.264. The average molecular weight is 225 g/mol. The second kappa shape index (κ2) is 5.64. The summed E-state index contributed by atoms with van der Waals surface area (Å²) in [5.74, 6) is 0.578. The van der Waals surface area contributed by atoms with Gasteiger partial charge in [-0.25, -0.2) is 0 Å². The van der Waals surface area contributed by atoms with Crippen LogP contribution in [0.3, 0.4) is 0 Å². The summed E-state index contributed by atoms with van der Waals surface area (Å²) >= 11 is 0. The molecule has 3 N–H and O–H groups in total. The molecular weight excluding hydrogens is 202 g/mol. The van der Waals surface area contributed by atoms with Gasteiger partial charge in [-0.15, -0.1) is 0 Å². The topological polar surface area (TPSA) is 58.4 Å². The van der Waals surface area contributed by atoms with Gasteiger partial charge in [-0.3, -0.25) is 4.79 Å². The van der Waals surface area contributed by atoms with Gasteiger partial charge >= 0.3 is 0 Å². The van der Waals surface area contributed by atoms with E-state index in [0.717, 1.165) is 51.9 Å². The van der Waals surface area contributed by atoms with Crippen molar-refractivity contribution in [2.45, 2.75) is 38.1 Å². The van der Waals surface area contributed by atoms with E-state index < -0.39 is 0 Å². The van der Waals surface area contributed by atoms with E-state index in [0.29, 0.717) is 12.0 Å². The van der Waals surface area contributed by atoms with E-state index in [2.05, 4.69) is 10.2 Å². The van der Waals surface area contributed by atoms with Crippen LogP contribution in [0.25, 0.3) is 0 Å². The summed E-state index contributed by atoms with van der Waals surface area (Å²) in [6, 6.07) is 0.390. The van der Waals surface area contributed by atoms with Crippen molar-refractivity contribution in [2.75, 3.05) is 26.2 Å². The van der Waals surface area contributed by atoms with Gasteiger partial charge in [0.1, 0.15) is 0 Å². The van der Waals surface area contributed by atoms with Crippen molar-refractivity contribution in [1.29, 1.82) is 0 Å². The first-order valence-corrected chi connectivity index (χ1v) is 6.51. The van der Waals surface area contributed by atoms with Gasteiger partial charge in [-0.05, 0) is 38.8 Å². The molecule has 0 spiro atoms. The summed E-state index contributed by atoms with van der Waals surface area (Å²) in [6.07, 6.45) is 5.59. The van der Waals surface area contributed by atoms with Crippen LogP contribution in [-0.4, -0.2) is 43.0 Å². The molecular formula is C12H23N3O. The molecule has 0 atom stereocenters. The molecule has 92 valence electrons. The minimum atomic E-state index is 0.264. The molecule has 4 heteroatoms. The average Bonchev–Trinajstić information content (AvgIpc) is 2.18. The molecule has 16 heavy (non-hydrogen) atoms. The lowest BCUT2D eigenvalue weighted by Crippen LogP contribution is -2.44. The molecule has 2 aliphatic rings. The summed E-state index contributed by atoms with van der Waals surface area (Å²) in [7, 11) is 0. The quantitative estimate of drug-likeness (QED) is 0.725. The summed E-state index contributed by atoms with van der Waals surface area (Å²) in [4.78, 5) is 14.0. The van der Waals surface area contributed by atoms with E-state index >= 15 is 0 Å². The van der Waals surface area contributed by atoms with Crippen LogP contribution in [0.2, 0.25) is 0 Å². The zero-order chi connectivity index (χ0) is 11.4. The number of carbonyl (C=O) groups is 1. The van der Waals surface area contributed by atoms with Crippen molar-refractivity contribution in [1.82, 2.24) is 10.2 Å². The number of nitrogens with one attached hydrogen (secondary N) is 1. The molecule has 1 saturated heterocycles. The first-order chi connectivity index (χ1) is 7.75. The van der Waals surface area contributed by atoms with Crippen molar-refractivity contribution in [3.63, 3.8) is 0 Å². The first kappa shape index (κ1) is 11.9. The van der Waals surface area contributed by atoms with Gasteiger partial charge in [0.05, 0.1) is 0 Å². The number of hydrogen-bond acceptors (Lipinski definition) is 3. The molecule has 0 unspecified atom stereocenters. The van der Waals surface area contributed by atoms with Gasteiger partial charge in [0.25, 0.3) is 0 Å². The molecule has 0 radical (unpaired) electrons. The van der Waals surface area contributed by atoms with Crippen molar-refractivity contribution < 1.29 is 4.79 Å². The Morgan fingerprint density at radius 3 is 2.50 bits per heavy atom. The first-order valence-electron chi connectivity index (χ1n) is 6.51. The molecule has 0 aromatic carbocycles. The van der Waals surface area contributed by atoms with Crippen LogP contribution >= 0.6 is 0 Å². The Bertz CT molecular complexity index is 232. The predicted octanol–water partition coefficient (Wildman–Crippen LogP) is 0.326. The van der Waals surface area contributed by atoms with Gasteiger partial charge in [0, 0.05) is 25.0 Å². The van der Waals surface area contributed by atoms with Crippen LogP contribution in [0.1, 0.15) is 32.1 Å². The van der Waals surface area contributed by atoms with Gasteiger partial charge in [0.2, 0.25) is 5.91 Å². The SMILES string of the molecule is NC1CCN(CCNC(=O)C2CCC2)CC1. The van der Waals surface area contributed by atoms with Crippen molar-refractivity contribution in [3.05, 3.63) is 0 Å². The van der Waals surface area contributed by atoms with E-state index in [-0.39, 0.29) is 5.91 Å². The Morgan fingerprint density at radius 1 is 1.25 bits per heavy atom. The molecule has 1 aliphatic heterocycles. The summed E-state index contributed by atoms with van der Waals surface area (Å²) in [5.41, 5.74) is 5.84. The zero-order valence-electron chi connectivity index (χ0n) is 9.95. The lowest BCUT2D eigenvalue weighted by atomic mass is 9.85. The summed E-state index contributed by atoms with van der Waals surface area (Å²) in [6.45, 7) is 3.94. The highest BCUT2D eigenvalue weighted by Gasteiger charge is 2.24. The molecule has 0 aromatic rings. The van der Waals surface area contributed by atoms with E-state index in [1.54, 1.807) is 0 Å². The third kappa shape index (κ3) is 3.19. The number of piperidine rings is 1. The maximum absolute atomic E-state index is 11.6. The monoisotopic (exact) mass is 225 g/mol. The normalized spacial score (nSPS) is 24.1. The number of nitrogens with two attached hydrogens (primary N) is 1. The van der Waals surface area contributed by atoms with E-state index in [9.17, 15) is 4.79 Å². The fourth-order valence-electron chi connectivity index (χ4n) is 2.33. The van der Waals surface area contributed by atoms with Gasteiger partial charge in [-0.2, -0.15) is 0 Å². The largest absolute Gasteiger partial charge is 0.355 e. The number of rotatable bonds is 4. The summed E-state index contributed by atoms with van der Waals surface area (Å²) in [5, 5.41) is 3.03. The van der Waals surface area contributed by atoms with Crippen molar-refractivity contribution >= 4 is 5.91 Å². The lowest BCUT2D eigenvalue weighted by Gasteiger charge is -2.30. The fourth-order valence-corrected chi connectivity index (χ4v) is 2.33. The van der Waals surface area contributed by atoms with E-state index in [1.165, 1.54) is 6.42 Å². The van der Waals surface area contributed by atoms with Crippen LogP contribution in [0.4, 0.5) is 0 Å². The van der Waals surface area contributed by atoms with Gasteiger partial charge in [0.15, 0.2) is 0 Å². The molecule has 2 fully saturated rings. The third-order valence-corrected chi connectivity index (χ3v) is 3.84. The zero-order valence-corrected chi connectivity index (χ0v) is 9.95. The Kier molecular flexibility index (Phi) is 4.18. The number of carbonyl (C=O) groups excluding carboxylic acids is 1. The molecule has 1 aliphatic carbocycles. The predicted molar refractivity (Wildman–Crippen MR) is 64.0 cm³/mol. The Morgan fingerprint density at radius 2 is 1.94 bits per heavy atom. The number of likely N-dealkylation sites (tertiary alicyclic amines) is 1. The van der Waals surface area contributed by atoms with Gasteiger partial charge < -0.3 is 16.0 Å². The molecule has 0 bridgehead atoms. The molecule has 2 rings (SSSR count). The second-order valence-electron chi connectivity index (χ2n) is 5.10. The third-order valence-electron chi connectivity index (χ3n) is 3.84.